The van der Waals surface area contributed by atoms with Crippen LogP contribution in [0.3, 0.4) is 0 Å². The maximum absolute atomic E-state index is 12.6. The maximum atomic E-state index is 12.6. The summed E-state index contributed by atoms with van der Waals surface area (Å²) in [5, 5.41) is 0.572. The molecule has 0 aliphatic heterocycles. The first kappa shape index (κ1) is 15.3. The Balaban J connectivity index is 2.43. The number of esters is 1. The highest BCUT2D eigenvalue weighted by molar-refractivity contribution is 5.79. The van der Waals surface area contributed by atoms with Gasteiger partial charge in [0.05, 0.1) is 12.0 Å². The van der Waals surface area contributed by atoms with Gasteiger partial charge in [-0.2, -0.15) is 0 Å². The van der Waals surface area contributed by atoms with Gasteiger partial charge in [0.15, 0.2) is 5.43 Å². The summed E-state index contributed by atoms with van der Waals surface area (Å²) in [6.45, 7) is 7.82. The van der Waals surface area contributed by atoms with Gasteiger partial charge >= 0.3 is 5.97 Å². The molecule has 0 bridgehead atoms. The van der Waals surface area contributed by atoms with Crippen LogP contribution in [0, 0.1) is 20.8 Å². The Hall–Kier alpha value is -2.10. The van der Waals surface area contributed by atoms with Gasteiger partial charge < -0.3 is 9.15 Å². The van der Waals surface area contributed by atoms with Crippen molar-refractivity contribution in [3.8, 4) is 0 Å². The van der Waals surface area contributed by atoms with Gasteiger partial charge in [-0.1, -0.05) is 0 Å². The van der Waals surface area contributed by atoms with E-state index in [0.717, 1.165) is 11.1 Å². The predicted molar refractivity (Wildman–Crippen MR) is 81.6 cm³/mol. The summed E-state index contributed by atoms with van der Waals surface area (Å²) < 4.78 is 10.6. The standard InChI is InChI=1S/C17H20O4/c1-5-20-16(18)7-6-13-12(4)21-15-9-11(3)10(2)8-14(15)17(13)19/h8-9H,5-7H2,1-4H3. The van der Waals surface area contributed by atoms with Crippen LogP contribution >= 0.6 is 0 Å². The highest BCUT2D eigenvalue weighted by Crippen LogP contribution is 2.20. The summed E-state index contributed by atoms with van der Waals surface area (Å²) in [6.07, 6.45) is 0.533. The van der Waals surface area contributed by atoms with Gasteiger partial charge in [-0.25, -0.2) is 0 Å². The highest BCUT2D eigenvalue weighted by atomic mass is 16.5. The van der Waals surface area contributed by atoms with Gasteiger partial charge in [-0.15, -0.1) is 0 Å². The number of benzene rings is 1. The summed E-state index contributed by atoms with van der Waals surface area (Å²) in [4.78, 5) is 24.0. The molecule has 0 unspecified atom stereocenters. The van der Waals surface area contributed by atoms with Crippen molar-refractivity contribution >= 4 is 16.9 Å². The zero-order valence-electron chi connectivity index (χ0n) is 12.9. The van der Waals surface area contributed by atoms with Crippen molar-refractivity contribution in [3.63, 3.8) is 0 Å². The second-order valence-electron chi connectivity index (χ2n) is 5.20. The van der Waals surface area contributed by atoms with Crippen LogP contribution in [0.4, 0.5) is 0 Å². The van der Waals surface area contributed by atoms with E-state index in [4.69, 9.17) is 9.15 Å². The van der Waals surface area contributed by atoms with Crippen molar-refractivity contribution < 1.29 is 13.9 Å². The number of ether oxygens (including phenoxy) is 1. The molecule has 0 saturated heterocycles. The van der Waals surface area contributed by atoms with Crippen molar-refractivity contribution in [1.29, 1.82) is 0 Å². The smallest absolute Gasteiger partial charge is 0.306 e. The molecule has 0 spiro atoms. The number of carbonyl (C=O) groups is 1. The molecule has 2 aromatic rings. The molecule has 4 nitrogen and oxygen atoms in total. The Labute approximate surface area is 123 Å². The Morgan fingerprint density at radius 1 is 1.19 bits per heavy atom. The van der Waals surface area contributed by atoms with Gasteiger partial charge in [-0.3, -0.25) is 9.59 Å². The fourth-order valence-corrected chi connectivity index (χ4v) is 2.35. The van der Waals surface area contributed by atoms with Crippen LogP contribution in [0.5, 0.6) is 0 Å². The number of hydrogen-bond donors (Lipinski definition) is 0. The largest absolute Gasteiger partial charge is 0.466 e. The molecule has 0 amide bonds. The maximum Gasteiger partial charge on any atom is 0.306 e. The van der Waals surface area contributed by atoms with Crippen LogP contribution in [0.15, 0.2) is 21.3 Å². The van der Waals surface area contributed by atoms with Crippen molar-refractivity contribution in [3.05, 3.63) is 44.8 Å². The van der Waals surface area contributed by atoms with E-state index < -0.39 is 0 Å². The van der Waals surface area contributed by atoms with Gasteiger partial charge in [0.25, 0.3) is 0 Å². The summed E-state index contributed by atoms with van der Waals surface area (Å²) >= 11 is 0. The van der Waals surface area contributed by atoms with E-state index in [1.54, 1.807) is 13.8 Å². The van der Waals surface area contributed by atoms with Gasteiger partial charge in [0, 0.05) is 12.0 Å². The SMILES string of the molecule is CCOC(=O)CCc1c(C)oc2cc(C)c(C)cc2c1=O. The molecule has 0 saturated carbocycles. The first-order valence-corrected chi connectivity index (χ1v) is 7.13. The average molecular weight is 288 g/mol. The summed E-state index contributed by atoms with van der Waals surface area (Å²) in [5.41, 5.74) is 3.24. The van der Waals surface area contributed by atoms with E-state index in [-0.39, 0.29) is 17.8 Å². The second kappa shape index (κ2) is 6.12. The zero-order valence-corrected chi connectivity index (χ0v) is 12.9. The molecule has 2 rings (SSSR count). The van der Waals surface area contributed by atoms with Crippen LogP contribution in [-0.4, -0.2) is 12.6 Å². The molecule has 1 aromatic heterocycles. The van der Waals surface area contributed by atoms with Crippen LogP contribution in [0.2, 0.25) is 0 Å². The molecule has 4 heteroatoms. The third-order valence-corrected chi connectivity index (χ3v) is 3.69. The van der Waals surface area contributed by atoms with Gasteiger partial charge in [-0.05, 0) is 57.4 Å². The lowest BCUT2D eigenvalue weighted by atomic mass is 10.0. The molecule has 0 aliphatic rings. The van der Waals surface area contributed by atoms with Crippen LogP contribution in [0.1, 0.15) is 35.8 Å². The molecule has 1 heterocycles. The number of hydrogen-bond acceptors (Lipinski definition) is 4. The number of fused-ring (bicyclic) bond motifs is 1. The van der Waals surface area contributed by atoms with Crippen molar-refractivity contribution in [1.82, 2.24) is 0 Å². The Bertz CT molecular complexity index is 741. The molecule has 0 radical (unpaired) electrons. The molecule has 112 valence electrons. The third-order valence-electron chi connectivity index (χ3n) is 3.69. The fourth-order valence-electron chi connectivity index (χ4n) is 2.35. The molecular weight excluding hydrogens is 268 g/mol. The van der Waals surface area contributed by atoms with Gasteiger partial charge in [0.2, 0.25) is 0 Å². The summed E-state index contributed by atoms with van der Waals surface area (Å²) in [6, 6.07) is 3.73. The molecule has 0 atom stereocenters. The lowest BCUT2D eigenvalue weighted by Crippen LogP contribution is -2.14. The van der Waals surface area contributed by atoms with E-state index in [1.165, 1.54) is 0 Å². The molecule has 0 fully saturated rings. The second-order valence-corrected chi connectivity index (χ2v) is 5.20. The lowest BCUT2D eigenvalue weighted by molar-refractivity contribution is -0.143. The minimum absolute atomic E-state index is 0.0545. The average Bonchev–Trinajstić information content (AvgIpc) is 2.41. The minimum atomic E-state index is -0.295. The summed E-state index contributed by atoms with van der Waals surface area (Å²) in [7, 11) is 0. The van der Waals surface area contributed by atoms with Crippen molar-refractivity contribution in [2.75, 3.05) is 6.61 Å². The predicted octanol–water partition coefficient (Wildman–Crippen LogP) is 3.21. The topological polar surface area (TPSA) is 56.5 Å². The van der Waals surface area contributed by atoms with E-state index in [0.29, 0.717) is 35.3 Å². The summed E-state index contributed by atoms with van der Waals surface area (Å²) in [5.74, 6) is 0.275. The first-order chi connectivity index (χ1) is 9.93. The number of rotatable bonds is 4. The molecule has 1 aromatic carbocycles. The number of carbonyl (C=O) groups excluding carboxylic acids is 1. The zero-order chi connectivity index (χ0) is 15.6. The van der Waals surface area contributed by atoms with Gasteiger partial charge in [0.1, 0.15) is 11.3 Å². The first-order valence-electron chi connectivity index (χ1n) is 7.13. The van der Waals surface area contributed by atoms with E-state index in [2.05, 4.69) is 0 Å². The quantitative estimate of drug-likeness (QED) is 0.811. The lowest BCUT2D eigenvalue weighted by Gasteiger charge is -2.08. The third kappa shape index (κ3) is 3.15. The van der Waals surface area contributed by atoms with E-state index in [9.17, 15) is 9.59 Å². The van der Waals surface area contributed by atoms with Crippen LogP contribution in [0.25, 0.3) is 11.0 Å². The normalized spacial score (nSPS) is 10.9. The Morgan fingerprint density at radius 3 is 2.52 bits per heavy atom. The van der Waals surface area contributed by atoms with Crippen molar-refractivity contribution in [2.45, 2.75) is 40.5 Å². The highest BCUT2D eigenvalue weighted by Gasteiger charge is 2.14. The Kier molecular flexibility index (Phi) is 4.46. The van der Waals surface area contributed by atoms with Crippen LogP contribution in [-0.2, 0) is 16.0 Å². The minimum Gasteiger partial charge on any atom is -0.466 e. The van der Waals surface area contributed by atoms with E-state index in [1.807, 2.05) is 26.0 Å². The fraction of sp³-hybridized carbons (Fsp3) is 0.412. The van der Waals surface area contributed by atoms with E-state index >= 15 is 0 Å². The Morgan fingerprint density at radius 2 is 1.86 bits per heavy atom. The van der Waals surface area contributed by atoms with Crippen LogP contribution < -0.4 is 5.43 Å². The number of aryl methyl sites for hydroxylation is 3. The van der Waals surface area contributed by atoms with Crippen molar-refractivity contribution in [2.24, 2.45) is 0 Å². The molecule has 0 N–H and O–H groups in total. The monoisotopic (exact) mass is 288 g/mol. The molecule has 21 heavy (non-hydrogen) atoms. The molecule has 0 aliphatic carbocycles. The molecular formula is C17H20O4.